The first kappa shape index (κ1) is 22.0. The van der Waals surface area contributed by atoms with Crippen molar-refractivity contribution in [2.75, 3.05) is 17.1 Å². The summed E-state index contributed by atoms with van der Waals surface area (Å²) in [6, 6.07) is 16.9. The highest BCUT2D eigenvalue weighted by Gasteiger charge is 2.24. The maximum atomic E-state index is 12.8. The fraction of sp³-hybridized carbons (Fsp3) is 0.409. The predicted molar refractivity (Wildman–Crippen MR) is 115 cm³/mol. The number of hydrogen-bond donors (Lipinski definition) is 1. The first-order valence-corrected chi connectivity index (χ1v) is 11.5. The Morgan fingerprint density at radius 3 is 2.21 bits per heavy atom. The Balaban J connectivity index is 2.25. The van der Waals surface area contributed by atoms with Crippen molar-refractivity contribution < 1.29 is 13.2 Å². The molecule has 0 aromatic heterocycles. The van der Waals surface area contributed by atoms with E-state index in [9.17, 15) is 13.2 Å². The van der Waals surface area contributed by atoms with E-state index in [1.165, 1.54) is 4.31 Å². The molecule has 0 saturated carbocycles. The minimum absolute atomic E-state index is 0.156. The van der Waals surface area contributed by atoms with Crippen LogP contribution in [0.4, 0.5) is 5.69 Å². The van der Waals surface area contributed by atoms with Crippen molar-refractivity contribution in [3.8, 4) is 0 Å². The molecule has 6 heteroatoms. The standard InChI is InChI=1S/C22H30N2O3S/c1-5-18-11-9-10-14-21(18)24(28(4,26)27)16-22(25)23-20(15-17(2)3)19-12-7-6-8-13-19/h6-14,17,20H,5,15-16H2,1-4H3,(H,23,25)/t20-/m1/s1. The summed E-state index contributed by atoms with van der Waals surface area (Å²) in [5.41, 5.74) is 2.47. The molecular weight excluding hydrogens is 372 g/mol. The van der Waals surface area contributed by atoms with E-state index in [1.807, 2.05) is 49.4 Å². The molecule has 0 bridgehead atoms. The molecule has 28 heavy (non-hydrogen) atoms. The summed E-state index contributed by atoms with van der Waals surface area (Å²) in [5.74, 6) is 0.0724. The lowest BCUT2D eigenvalue weighted by Gasteiger charge is -2.26. The number of benzene rings is 2. The zero-order chi connectivity index (χ0) is 20.7. The van der Waals surface area contributed by atoms with Crippen molar-refractivity contribution >= 4 is 21.6 Å². The van der Waals surface area contributed by atoms with Crippen LogP contribution in [-0.2, 0) is 21.2 Å². The monoisotopic (exact) mass is 402 g/mol. The normalized spacial score (nSPS) is 12.6. The average molecular weight is 403 g/mol. The van der Waals surface area contributed by atoms with Crippen LogP contribution >= 0.6 is 0 Å². The number of amides is 1. The van der Waals surface area contributed by atoms with Crippen molar-refractivity contribution in [2.24, 2.45) is 5.92 Å². The SMILES string of the molecule is CCc1ccccc1N(CC(=O)N[C@H](CC(C)C)c1ccccc1)S(C)(=O)=O. The van der Waals surface area contributed by atoms with Crippen molar-refractivity contribution in [1.82, 2.24) is 5.32 Å². The Bertz CT molecular complexity index is 880. The van der Waals surface area contributed by atoms with E-state index in [1.54, 1.807) is 12.1 Å². The van der Waals surface area contributed by atoms with Crippen LogP contribution < -0.4 is 9.62 Å². The fourth-order valence-electron chi connectivity index (χ4n) is 3.24. The van der Waals surface area contributed by atoms with Gasteiger partial charge in [-0.25, -0.2) is 8.42 Å². The first-order valence-electron chi connectivity index (χ1n) is 9.62. The molecule has 1 N–H and O–H groups in total. The van der Waals surface area contributed by atoms with E-state index >= 15 is 0 Å². The summed E-state index contributed by atoms with van der Waals surface area (Å²) in [6.45, 7) is 5.93. The second-order valence-electron chi connectivity index (χ2n) is 7.41. The molecule has 0 heterocycles. The molecule has 0 unspecified atom stereocenters. The predicted octanol–water partition coefficient (Wildman–Crippen LogP) is 3.92. The summed E-state index contributed by atoms with van der Waals surface area (Å²) < 4.78 is 26.0. The zero-order valence-electron chi connectivity index (χ0n) is 17.1. The van der Waals surface area contributed by atoms with Gasteiger partial charge in [-0.1, -0.05) is 69.3 Å². The maximum absolute atomic E-state index is 12.8. The molecule has 0 aliphatic rings. The van der Waals surface area contributed by atoms with Crippen molar-refractivity contribution in [2.45, 2.75) is 39.7 Å². The van der Waals surface area contributed by atoms with Gasteiger partial charge in [0, 0.05) is 0 Å². The summed E-state index contributed by atoms with van der Waals surface area (Å²) in [7, 11) is -3.60. The van der Waals surface area contributed by atoms with Crippen LogP contribution in [-0.4, -0.2) is 27.1 Å². The van der Waals surface area contributed by atoms with Crippen LogP contribution in [0.5, 0.6) is 0 Å². The Morgan fingerprint density at radius 1 is 1.04 bits per heavy atom. The molecule has 2 aromatic rings. The number of nitrogens with zero attached hydrogens (tertiary/aromatic N) is 1. The number of aryl methyl sites for hydroxylation is 1. The number of para-hydroxylation sites is 1. The van der Waals surface area contributed by atoms with E-state index in [0.717, 1.165) is 23.8 Å². The lowest BCUT2D eigenvalue weighted by Crippen LogP contribution is -2.42. The van der Waals surface area contributed by atoms with E-state index in [2.05, 4.69) is 19.2 Å². The quantitative estimate of drug-likeness (QED) is 0.691. The van der Waals surface area contributed by atoms with Gasteiger partial charge in [-0.15, -0.1) is 0 Å². The molecule has 0 aliphatic heterocycles. The van der Waals surface area contributed by atoms with Gasteiger partial charge in [0.15, 0.2) is 0 Å². The third-order valence-corrected chi connectivity index (χ3v) is 5.70. The third-order valence-electron chi connectivity index (χ3n) is 4.57. The lowest BCUT2D eigenvalue weighted by molar-refractivity contribution is -0.120. The Labute approximate surface area is 168 Å². The van der Waals surface area contributed by atoms with Gasteiger partial charge in [-0.05, 0) is 36.0 Å². The van der Waals surface area contributed by atoms with Crippen molar-refractivity contribution in [3.05, 3.63) is 65.7 Å². The average Bonchev–Trinajstić information content (AvgIpc) is 2.65. The topological polar surface area (TPSA) is 66.5 Å². The van der Waals surface area contributed by atoms with Gasteiger partial charge in [0.05, 0.1) is 18.0 Å². The molecule has 0 fully saturated rings. The minimum Gasteiger partial charge on any atom is -0.348 e. The molecule has 0 radical (unpaired) electrons. The lowest BCUT2D eigenvalue weighted by atomic mass is 9.97. The van der Waals surface area contributed by atoms with Crippen molar-refractivity contribution in [3.63, 3.8) is 0 Å². The number of sulfonamides is 1. The third kappa shape index (κ3) is 6.09. The molecule has 1 amide bonds. The Morgan fingerprint density at radius 2 is 1.64 bits per heavy atom. The minimum atomic E-state index is -3.60. The van der Waals surface area contributed by atoms with Crippen LogP contribution in [0, 0.1) is 5.92 Å². The highest BCUT2D eigenvalue weighted by atomic mass is 32.2. The number of hydrogen-bond acceptors (Lipinski definition) is 3. The zero-order valence-corrected chi connectivity index (χ0v) is 17.9. The van der Waals surface area contributed by atoms with Gasteiger partial charge in [0.25, 0.3) is 0 Å². The second kappa shape index (κ2) is 9.73. The highest BCUT2D eigenvalue weighted by Crippen LogP contribution is 2.24. The number of rotatable bonds is 9. The summed E-state index contributed by atoms with van der Waals surface area (Å²) in [4.78, 5) is 12.8. The molecule has 0 spiro atoms. The summed E-state index contributed by atoms with van der Waals surface area (Å²) in [6.07, 6.45) is 2.60. The van der Waals surface area contributed by atoms with E-state index < -0.39 is 10.0 Å². The molecule has 0 aliphatic carbocycles. The van der Waals surface area contributed by atoms with E-state index in [-0.39, 0.29) is 18.5 Å². The molecule has 152 valence electrons. The smallest absolute Gasteiger partial charge is 0.241 e. The second-order valence-corrected chi connectivity index (χ2v) is 9.32. The molecule has 5 nitrogen and oxygen atoms in total. The van der Waals surface area contributed by atoms with Gasteiger partial charge in [-0.3, -0.25) is 9.10 Å². The van der Waals surface area contributed by atoms with Crippen LogP contribution in [0.3, 0.4) is 0 Å². The highest BCUT2D eigenvalue weighted by molar-refractivity contribution is 7.92. The number of carbonyl (C=O) groups excluding carboxylic acids is 1. The molecule has 2 aromatic carbocycles. The Hall–Kier alpha value is -2.34. The van der Waals surface area contributed by atoms with Crippen LogP contribution in [0.15, 0.2) is 54.6 Å². The van der Waals surface area contributed by atoms with Gasteiger partial charge in [0.2, 0.25) is 15.9 Å². The summed E-state index contributed by atoms with van der Waals surface area (Å²) in [5, 5.41) is 3.03. The largest absolute Gasteiger partial charge is 0.348 e. The number of anilines is 1. The first-order chi connectivity index (χ1) is 13.2. The van der Waals surface area contributed by atoms with Gasteiger partial charge in [-0.2, -0.15) is 0 Å². The molecule has 2 rings (SSSR count). The van der Waals surface area contributed by atoms with Crippen LogP contribution in [0.25, 0.3) is 0 Å². The maximum Gasteiger partial charge on any atom is 0.241 e. The number of carbonyl (C=O) groups is 1. The van der Waals surface area contributed by atoms with Crippen LogP contribution in [0.1, 0.15) is 44.4 Å². The van der Waals surface area contributed by atoms with Crippen molar-refractivity contribution in [1.29, 1.82) is 0 Å². The van der Waals surface area contributed by atoms with Gasteiger partial charge < -0.3 is 5.32 Å². The van der Waals surface area contributed by atoms with Crippen LogP contribution in [0.2, 0.25) is 0 Å². The van der Waals surface area contributed by atoms with E-state index in [4.69, 9.17) is 0 Å². The number of nitrogens with one attached hydrogen (secondary N) is 1. The van der Waals surface area contributed by atoms with Gasteiger partial charge in [0.1, 0.15) is 6.54 Å². The molecule has 0 saturated heterocycles. The van der Waals surface area contributed by atoms with Gasteiger partial charge >= 0.3 is 0 Å². The summed E-state index contributed by atoms with van der Waals surface area (Å²) >= 11 is 0. The van der Waals surface area contributed by atoms with E-state index in [0.29, 0.717) is 18.0 Å². The molecular formula is C22H30N2O3S. The molecule has 1 atom stereocenters. The fourth-order valence-corrected chi connectivity index (χ4v) is 4.13. The Kier molecular flexibility index (Phi) is 7.63.